The number of rotatable bonds is 33. The Hall–Kier alpha value is -1.63. The summed E-state index contributed by atoms with van der Waals surface area (Å²) in [7, 11) is 1.58. The van der Waals surface area contributed by atoms with Gasteiger partial charge in [0.25, 0.3) is 0 Å². The van der Waals surface area contributed by atoms with E-state index in [-0.39, 0.29) is 52.4 Å². The fraction of sp³-hybridized carbons (Fsp3) is 0.921. The first-order valence-electron chi connectivity index (χ1n) is 18.0. The highest BCUT2D eigenvalue weighted by molar-refractivity contribution is 5.71. The Labute approximate surface area is 279 Å². The molecular weight excluding hydrogens is 568 g/mol. The predicted molar refractivity (Wildman–Crippen MR) is 189 cm³/mol. The van der Waals surface area contributed by atoms with Crippen molar-refractivity contribution in [1.82, 2.24) is 0 Å². The summed E-state index contributed by atoms with van der Waals surface area (Å²) < 4.78 is 21.3. The summed E-state index contributed by atoms with van der Waals surface area (Å²) in [6.07, 6.45) is 27.4. The van der Waals surface area contributed by atoms with Gasteiger partial charge in [-0.2, -0.15) is 0 Å². The van der Waals surface area contributed by atoms with Crippen molar-refractivity contribution < 1.29 is 33.3 Å². The van der Waals surface area contributed by atoms with E-state index < -0.39 is 6.10 Å². The molecule has 45 heavy (non-hydrogen) atoms. The minimum atomic E-state index is -0.784. The number of ether oxygens (including phenoxy) is 4. The molecule has 7 heteroatoms. The smallest absolute Gasteiger partial charge is 0.306 e. The zero-order valence-electron chi connectivity index (χ0n) is 28.4. The molecule has 0 spiro atoms. The van der Waals surface area contributed by atoms with E-state index in [2.05, 4.69) is 13.8 Å². The van der Waals surface area contributed by atoms with E-state index in [4.69, 9.17) is 18.9 Å². The van der Waals surface area contributed by atoms with Gasteiger partial charge in [-0.1, -0.05) is 157 Å². The second-order valence-corrected chi connectivity index (χ2v) is 12.1. The Morgan fingerprint density at radius 1 is 0.444 bits per heavy atom. The lowest BCUT2D eigenvalue weighted by molar-refractivity contribution is -0.167. The molecule has 0 aliphatic carbocycles. The highest BCUT2D eigenvalue weighted by atomic mass is 16.6. The van der Waals surface area contributed by atoms with Crippen LogP contribution < -0.4 is 0 Å². The first kappa shape index (κ1) is 47.8. The molecule has 1 unspecified atom stereocenters. The van der Waals surface area contributed by atoms with E-state index in [1.165, 1.54) is 103 Å². The first-order chi connectivity index (χ1) is 21.0. The third-order valence-electron chi connectivity index (χ3n) is 7.86. The second-order valence-electron chi connectivity index (χ2n) is 12.1. The van der Waals surface area contributed by atoms with E-state index in [1.54, 1.807) is 7.11 Å². The summed E-state index contributed by atoms with van der Waals surface area (Å²) in [6, 6.07) is 0. The molecule has 0 aromatic rings. The highest BCUT2D eigenvalue weighted by Crippen LogP contribution is 2.14. The molecule has 0 aromatic carbocycles. The molecule has 0 aliphatic rings. The molecule has 0 aliphatic heterocycles. The van der Waals surface area contributed by atoms with E-state index in [1.807, 2.05) is 0 Å². The third kappa shape index (κ3) is 36.7. The number of hydrogen-bond donors (Lipinski definition) is 0. The van der Waals surface area contributed by atoms with Gasteiger partial charge in [0.15, 0.2) is 6.10 Å². The van der Waals surface area contributed by atoms with Crippen molar-refractivity contribution in [3.63, 3.8) is 0 Å². The molecule has 0 rings (SSSR count). The zero-order chi connectivity index (χ0) is 31.6. The first-order valence-corrected chi connectivity index (χ1v) is 18.0. The largest absolute Gasteiger partial charge is 0.462 e. The van der Waals surface area contributed by atoms with E-state index >= 15 is 0 Å². The summed E-state index contributed by atoms with van der Waals surface area (Å²) in [5, 5.41) is 0. The molecule has 0 radical (unpaired) electrons. The topological polar surface area (TPSA) is 88.1 Å². The average molecular weight is 645 g/mol. The highest BCUT2D eigenvalue weighted by Gasteiger charge is 2.19. The van der Waals surface area contributed by atoms with Crippen molar-refractivity contribution in [2.24, 2.45) is 0 Å². The van der Waals surface area contributed by atoms with Gasteiger partial charge >= 0.3 is 17.9 Å². The van der Waals surface area contributed by atoms with Gasteiger partial charge in [0.1, 0.15) is 13.2 Å². The number of carbonyl (C=O) groups excluding carboxylic acids is 3. The van der Waals surface area contributed by atoms with Gasteiger partial charge in [-0.05, 0) is 19.3 Å². The lowest BCUT2D eigenvalue weighted by atomic mass is 10.1. The van der Waals surface area contributed by atoms with Crippen LogP contribution in [-0.4, -0.2) is 50.9 Å². The van der Waals surface area contributed by atoms with Crippen molar-refractivity contribution in [3.05, 3.63) is 0 Å². The summed E-state index contributed by atoms with van der Waals surface area (Å²) in [5.74, 6) is -1.01. The standard InChI is InChI=1S/C36H68O7.2CH4/c1-4-6-8-10-12-14-16-18-20-22-24-27-34(37)41-31-33(32-42-35(38)29-26-30-40-3)43-36(39)28-25-23-21-19-17-15-13-11-9-7-5-2;;/h33H,4-32H2,1-3H3;2*1H4. The number of unbranched alkanes of at least 4 members (excludes halogenated alkanes) is 20. The number of carbonyl (C=O) groups is 3. The van der Waals surface area contributed by atoms with Crippen molar-refractivity contribution >= 4 is 17.9 Å². The average Bonchev–Trinajstić information content (AvgIpc) is 3.00. The van der Waals surface area contributed by atoms with E-state index in [0.29, 0.717) is 25.9 Å². The summed E-state index contributed by atoms with van der Waals surface area (Å²) >= 11 is 0. The van der Waals surface area contributed by atoms with Crippen LogP contribution in [0.1, 0.15) is 196 Å². The molecule has 0 fully saturated rings. The minimum absolute atomic E-state index is 0. The van der Waals surface area contributed by atoms with E-state index in [0.717, 1.165) is 38.5 Å². The fourth-order valence-electron chi connectivity index (χ4n) is 5.11. The fourth-order valence-corrected chi connectivity index (χ4v) is 5.11. The molecule has 1 atom stereocenters. The van der Waals surface area contributed by atoms with Gasteiger partial charge in [-0.25, -0.2) is 0 Å². The summed E-state index contributed by atoms with van der Waals surface area (Å²) in [5.41, 5.74) is 0. The molecule has 7 nitrogen and oxygen atoms in total. The monoisotopic (exact) mass is 645 g/mol. The van der Waals surface area contributed by atoms with Crippen LogP contribution in [-0.2, 0) is 33.3 Å². The van der Waals surface area contributed by atoms with E-state index in [9.17, 15) is 14.4 Å². The van der Waals surface area contributed by atoms with Crippen molar-refractivity contribution in [3.8, 4) is 0 Å². The lowest BCUT2D eigenvalue weighted by Crippen LogP contribution is -2.31. The predicted octanol–water partition coefficient (Wildman–Crippen LogP) is 11.1. The van der Waals surface area contributed by atoms with Crippen LogP contribution in [0.15, 0.2) is 0 Å². The molecule has 0 saturated carbocycles. The molecule has 0 heterocycles. The Balaban J connectivity index is -0.00000882. The van der Waals surface area contributed by atoms with Crippen molar-refractivity contribution in [2.75, 3.05) is 26.9 Å². The molecule has 270 valence electrons. The maximum atomic E-state index is 12.5. The van der Waals surface area contributed by atoms with Gasteiger partial charge < -0.3 is 18.9 Å². The van der Waals surface area contributed by atoms with Crippen LogP contribution in [0.3, 0.4) is 0 Å². The van der Waals surface area contributed by atoms with Crippen LogP contribution in [0.2, 0.25) is 0 Å². The number of hydrogen-bond acceptors (Lipinski definition) is 7. The summed E-state index contributed by atoms with van der Waals surface area (Å²) in [6.45, 7) is 4.76. The van der Waals surface area contributed by atoms with Gasteiger partial charge in [0, 0.05) is 33.0 Å². The zero-order valence-corrected chi connectivity index (χ0v) is 28.4. The van der Waals surface area contributed by atoms with Crippen molar-refractivity contribution in [1.29, 1.82) is 0 Å². The Bertz CT molecular complexity index is 638. The lowest BCUT2D eigenvalue weighted by Gasteiger charge is -2.18. The molecule has 0 N–H and O–H groups in total. The molecular formula is C38H76O7. The SMILES string of the molecule is C.C.CCCCCCCCCCCCCC(=O)OCC(COC(=O)CCCOC)OC(=O)CCCCCCCCCCCCC. The minimum Gasteiger partial charge on any atom is -0.462 e. The number of esters is 3. The van der Waals surface area contributed by atoms with Gasteiger partial charge in [0.05, 0.1) is 0 Å². The third-order valence-corrected chi connectivity index (χ3v) is 7.86. The van der Waals surface area contributed by atoms with Crippen LogP contribution in [0.4, 0.5) is 0 Å². The number of methoxy groups -OCH3 is 1. The quantitative estimate of drug-likeness (QED) is 0.0399. The summed E-state index contributed by atoms with van der Waals surface area (Å²) in [4.78, 5) is 36.8. The van der Waals surface area contributed by atoms with Crippen LogP contribution >= 0.6 is 0 Å². The van der Waals surface area contributed by atoms with Crippen LogP contribution in [0.25, 0.3) is 0 Å². The molecule has 0 aromatic heterocycles. The molecule has 0 amide bonds. The Morgan fingerprint density at radius 3 is 1.11 bits per heavy atom. The second kappa shape index (κ2) is 38.6. The Kier molecular flexibility index (Phi) is 40.9. The van der Waals surface area contributed by atoms with Crippen LogP contribution in [0.5, 0.6) is 0 Å². The van der Waals surface area contributed by atoms with Crippen LogP contribution in [0, 0.1) is 0 Å². The normalized spacial score (nSPS) is 11.3. The van der Waals surface area contributed by atoms with Crippen molar-refractivity contribution in [2.45, 2.75) is 202 Å². The maximum Gasteiger partial charge on any atom is 0.306 e. The van der Waals surface area contributed by atoms with Gasteiger partial charge in [0.2, 0.25) is 0 Å². The van der Waals surface area contributed by atoms with Gasteiger partial charge in [-0.15, -0.1) is 0 Å². The van der Waals surface area contributed by atoms with Gasteiger partial charge in [-0.3, -0.25) is 14.4 Å². The molecule has 0 saturated heterocycles. The Morgan fingerprint density at radius 2 is 0.756 bits per heavy atom. The molecule has 0 bridgehead atoms. The maximum absolute atomic E-state index is 12.5.